The molecule has 0 atom stereocenters. The maximum Gasteiger partial charge on any atom is 0.227 e. The van der Waals surface area contributed by atoms with E-state index in [-0.39, 0.29) is 5.91 Å². The van der Waals surface area contributed by atoms with Crippen LogP contribution in [0.1, 0.15) is 26.2 Å². The number of hydrogen-bond acceptors (Lipinski definition) is 4. The summed E-state index contributed by atoms with van der Waals surface area (Å²) in [5, 5.41) is 2.88. The van der Waals surface area contributed by atoms with Gasteiger partial charge in [-0.05, 0) is 30.7 Å². The van der Waals surface area contributed by atoms with Crippen LogP contribution in [0.15, 0.2) is 47.1 Å². The quantitative estimate of drug-likeness (QED) is 0.772. The molecule has 0 radical (unpaired) electrons. The second kappa shape index (κ2) is 6.39. The second-order valence-electron chi connectivity index (χ2n) is 5.09. The summed E-state index contributed by atoms with van der Waals surface area (Å²) in [6.45, 7) is 2.06. The summed E-state index contributed by atoms with van der Waals surface area (Å²) in [4.78, 5) is 20.2. The number of carbonyl (C=O) groups excluding carboxylic acids is 1. The van der Waals surface area contributed by atoms with Crippen molar-refractivity contribution in [1.29, 1.82) is 0 Å². The number of unbranched alkanes of at least 4 members (excludes halogenated alkanes) is 1. The van der Waals surface area contributed by atoms with Crippen molar-refractivity contribution in [3.63, 3.8) is 0 Å². The normalized spacial score (nSPS) is 10.8. The van der Waals surface area contributed by atoms with E-state index in [9.17, 15) is 4.79 Å². The van der Waals surface area contributed by atoms with E-state index in [1.807, 2.05) is 24.3 Å². The van der Waals surface area contributed by atoms with Crippen molar-refractivity contribution in [2.24, 2.45) is 0 Å². The lowest BCUT2D eigenvalue weighted by molar-refractivity contribution is -0.116. The summed E-state index contributed by atoms with van der Waals surface area (Å²) >= 11 is 0. The number of amides is 1. The Labute approximate surface area is 128 Å². The van der Waals surface area contributed by atoms with Gasteiger partial charge in [-0.3, -0.25) is 9.78 Å². The number of nitrogens with one attached hydrogen (secondary N) is 1. The van der Waals surface area contributed by atoms with Crippen LogP contribution in [0, 0.1) is 0 Å². The van der Waals surface area contributed by atoms with Crippen molar-refractivity contribution in [2.75, 3.05) is 5.32 Å². The summed E-state index contributed by atoms with van der Waals surface area (Å²) < 4.78 is 5.77. The minimum absolute atomic E-state index is 0.0232. The minimum atomic E-state index is 0.0232. The average molecular weight is 295 g/mol. The molecule has 5 nitrogen and oxygen atoms in total. The molecule has 0 unspecified atom stereocenters. The highest BCUT2D eigenvalue weighted by atomic mass is 16.3. The first-order valence-corrected chi connectivity index (χ1v) is 7.37. The summed E-state index contributed by atoms with van der Waals surface area (Å²) in [5.41, 5.74) is 3.02. The lowest BCUT2D eigenvalue weighted by Gasteiger charge is -2.03. The fraction of sp³-hybridized carbons (Fsp3) is 0.235. The highest BCUT2D eigenvalue weighted by Gasteiger charge is 2.09. The molecule has 0 aliphatic rings. The van der Waals surface area contributed by atoms with Gasteiger partial charge in [0.15, 0.2) is 5.58 Å². The number of hydrogen-bond donors (Lipinski definition) is 1. The van der Waals surface area contributed by atoms with Crippen molar-refractivity contribution in [3.05, 3.63) is 42.7 Å². The van der Waals surface area contributed by atoms with E-state index in [0.29, 0.717) is 17.9 Å². The Hall–Kier alpha value is -2.69. The van der Waals surface area contributed by atoms with Crippen LogP contribution in [0.5, 0.6) is 0 Å². The molecule has 2 heterocycles. The van der Waals surface area contributed by atoms with E-state index in [1.165, 1.54) is 0 Å². The van der Waals surface area contributed by atoms with E-state index >= 15 is 0 Å². The van der Waals surface area contributed by atoms with Gasteiger partial charge in [0, 0.05) is 36.1 Å². The molecule has 22 heavy (non-hydrogen) atoms. The van der Waals surface area contributed by atoms with Gasteiger partial charge < -0.3 is 9.73 Å². The Morgan fingerprint density at radius 3 is 2.82 bits per heavy atom. The molecule has 1 N–H and O–H groups in total. The third-order valence-corrected chi connectivity index (χ3v) is 3.36. The standard InChI is InChI=1S/C17H17N3O2/c1-2-3-4-16(21)19-13-5-6-14-15(11-13)22-17(20-14)12-7-9-18-10-8-12/h5-11H,2-4H2,1H3,(H,19,21). The average Bonchev–Trinajstić information content (AvgIpc) is 2.97. The van der Waals surface area contributed by atoms with Crippen molar-refractivity contribution >= 4 is 22.7 Å². The number of benzene rings is 1. The molecule has 0 saturated heterocycles. The van der Waals surface area contributed by atoms with Crippen molar-refractivity contribution in [2.45, 2.75) is 26.2 Å². The number of oxazole rings is 1. The van der Waals surface area contributed by atoms with Crippen LogP contribution < -0.4 is 5.32 Å². The van der Waals surface area contributed by atoms with Crippen LogP contribution in [-0.4, -0.2) is 15.9 Å². The van der Waals surface area contributed by atoms with Crippen LogP contribution in [0.4, 0.5) is 5.69 Å². The zero-order valence-electron chi connectivity index (χ0n) is 12.4. The summed E-state index contributed by atoms with van der Waals surface area (Å²) in [6.07, 6.45) is 5.83. The maximum atomic E-state index is 11.8. The molecule has 2 aromatic heterocycles. The van der Waals surface area contributed by atoms with Crippen molar-refractivity contribution in [3.8, 4) is 11.5 Å². The molecule has 0 aliphatic heterocycles. The largest absolute Gasteiger partial charge is 0.436 e. The van der Waals surface area contributed by atoms with Crippen LogP contribution >= 0.6 is 0 Å². The fourth-order valence-electron chi connectivity index (χ4n) is 2.18. The van der Waals surface area contributed by atoms with Crippen LogP contribution in [0.2, 0.25) is 0 Å². The number of pyridine rings is 1. The van der Waals surface area contributed by atoms with E-state index in [2.05, 4.69) is 22.2 Å². The molecule has 3 aromatic rings. The van der Waals surface area contributed by atoms with E-state index in [0.717, 1.165) is 29.6 Å². The van der Waals surface area contributed by atoms with Crippen LogP contribution in [0.3, 0.4) is 0 Å². The Kier molecular flexibility index (Phi) is 4.14. The molecular formula is C17H17N3O2. The molecule has 0 fully saturated rings. The number of fused-ring (bicyclic) bond motifs is 1. The summed E-state index contributed by atoms with van der Waals surface area (Å²) in [5.74, 6) is 0.571. The lowest BCUT2D eigenvalue weighted by atomic mass is 10.2. The molecule has 1 amide bonds. The Morgan fingerprint density at radius 1 is 1.23 bits per heavy atom. The molecule has 112 valence electrons. The predicted molar refractivity (Wildman–Crippen MR) is 85.4 cm³/mol. The van der Waals surface area contributed by atoms with Crippen molar-refractivity contribution < 1.29 is 9.21 Å². The zero-order valence-corrected chi connectivity index (χ0v) is 12.4. The van der Waals surface area contributed by atoms with Gasteiger partial charge in [-0.2, -0.15) is 0 Å². The molecule has 3 rings (SSSR count). The first-order chi connectivity index (χ1) is 10.8. The van der Waals surface area contributed by atoms with Crippen LogP contribution in [-0.2, 0) is 4.79 Å². The summed E-state index contributed by atoms with van der Waals surface area (Å²) in [7, 11) is 0. The molecule has 0 bridgehead atoms. The minimum Gasteiger partial charge on any atom is -0.436 e. The molecule has 0 spiro atoms. The first-order valence-electron chi connectivity index (χ1n) is 7.37. The van der Waals surface area contributed by atoms with Gasteiger partial charge in [-0.1, -0.05) is 13.3 Å². The third kappa shape index (κ3) is 3.14. The van der Waals surface area contributed by atoms with Gasteiger partial charge in [0.2, 0.25) is 11.8 Å². The lowest BCUT2D eigenvalue weighted by Crippen LogP contribution is -2.10. The molecule has 5 heteroatoms. The third-order valence-electron chi connectivity index (χ3n) is 3.36. The monoisotopic (exact) mass is 295 g/mol. The first kappa shape index (κ1) is 14.3. The molecular weight excluding hydrogens is 278 g/mol. The Morgan fingerprint density at radius 2 is 2.05 bits per heavy atom. The molecule has 0 aliphatic carbocycles. The number of rotatable bonds is 5. The molecule has 0 saturated carbocycles. The number of nitrogens with zero attached hydrogens (tertiary/aromatic N) is 2. The zero-order chi connectivity index (χ0) is 15.4. The second-order valence-corrected chi connectivity index (χ2v) is 5.09. The smallest absolute Gasteiger partial charge is 0.227 e. The van der Waals surface area contributed by atoms with Crippen molar-refractivity contribution in [1.82, 2.24) is 9.97 Å². The van der Waals surface area contributed by atoms with Gasteiger partial charge in [0.05, 0.1) is 0 Å². The highest BCUT2D eigenvalue weighted by molar-refractivity contribution is 5.92. The Bertz CT molecular complexity index is 781. The van der Waals surface area contributed by atoms with E-state index in [1.54, 1.807) is 18.5 Å². The van der Waals surface area contributed by atoms with Gasteiger partial charge in [-0.25, -0.2) is 4.98 Å². The fourth-order valence-corrected chi connectivity index (χ4v) is 2.18. The highest BCUT2D eigenvalue weighted by Crippen LogP contribution is 2.26. The number of aromatic nitrogens is 2. The summed E-state index contributed by atoms with van der Waals surface area (Å²) in [6, 6.07) is 9.18. The van der Waals surface area contributed by atoms with Gasteiger partial charge in [-0.15, -0.1) is 0 Å². The topological polar surface area (TPSA) is 68.0 Å². The SMILES string of the molecule is CCCCC(=O)Nc1ccc2nc(-c3ccncc3)oc2c1. The predicted octanol–water partition coefficient (Wildman–Crippen LogP) is 4.02. The number of carbonyl (C=O) groups is 1. The maximum absolute atomic E-state index is 11.8. The van der Waals surface area contributed by atoms with E-state index < -0.39 is 0 Å². The van der Waals surface area contributed by atoms with Gasteiger partial charge >= 0.3 is 0 Å². The van der Waals surface area contributed by atoms with Gasteiger partial charge in [0.25, 0.3) is 0 Å². The molecule has 1 aromatic carbocycles. The van der Waals surface area contributed by atoms with Crippen LogP contribution in [0.25, 0.3) is 22.6 Å². The van der Waals surface area contributed by atoms with Gasteiger partial charge in [0.1, 0.15) is 5.52 Å². The Balaban J connectivity index is 1.83. The number of anilines is 1. The van der Waals surface area contributed by atoms with E-state index in [4.69, 9.17) is 4.42 Å².